The number of carbonyl (C=O) groups excluding carboxylic acids is 2. The number of phenolic OH excluding ortho intramolecular Hbond substituents is 1. The first kappa shape index (κ1) is 15.6. The van der Waals surface area contributed by atoms with Crippen LogP contribution in [0.1, 0.15) is 26.3 Å². The molecule has 0 saturated heterocycles. The van der Waals surface area contributed by atoms with Gasteiger partial charge in [-0.1, -0.05) is 24.3 Å². The maximum absolute atomic E-state index is 12.3. The average Bonchev–Trinajstić information content (AvgIpc) is 2.59. The Morgan fingerprint density at radius 3 is 2.46 bits per heavy atom. The van der Waals surface area contributed by atoms with Gasteiger partial charge in [-0.15, -0.1) is 0 Å². The van der Waals surface area contributed by atoms with Crippen molar-refractivity contribution in [1.29, 1.82) is 0 Å². The first-order valence-electron chi connectivity index (χ1n) is 7.43. The highest BCUT2D eigenvalue weighted by atomic mass is 16.3. The molecule has 5 heteroatoms. The van der Waals surface area contributed by atoms with E-state index in [1.807, 2.05) is 6.07 Å². The van der Waals surface area contributed by atoms with E-state index in [-0.39, 0.29) is 11.7 Å². The van der Waals surface area contributed by atoms with Gasteiger partial charge in [-0.3, -0.25) is 9.59 Å². The number of nitrogens with two attached hydrogens (primary N) is 1. The number of aromatic hydroxyl groups is 1. The molecule has 120 valence electrons. The van der Waals surface area contributed by atoms with Gasteiger partial charge in [-0.05, 0) is 52.7 Å². The summed E-state index contributed by atoms with van der Waals surface area (Å²) in [6.07, 6.45) is 0. The molecule has 0 bridgehead atoms. The fourth-order valence-electron chi connectivity index (χ4n) is 2.49. The minimum atomic E-state index is -0.499. The second-order valence-corrected chi connectivity index (χ2v) is 5.49. The van der Waals surface area contributed by atoms with Gasteiger partial charge < -0.3 is 16.2 Å². The maximum atomic E-state index is 12.3. The highest BCUT2D eigenvalue weighted by molar-refractivity contribution is 5.98. The van der Waals surface area contributed by atoms with Crippen LogP contribution >= 0.6 is 0 Å². The number of hydrogen-bond acceptors (Lipinski definition) is 3. The molecular formula is C19H16N2O3. The zero-order valence-corrected chi connectivity index (χ0v) is 12.8. The van der Waals surface area contributed by atoms with Crippen LogP contribution < -0.4 is 11.1 Å². The molecule has 2 amide bonds. The van der Waals surface area contributed by atoms with E-state index in [0.29, 0.717) is 17.7 Å². The third-order valence-electron chi connectivity index (χ3n) is 3.75. The molecule has 0 saturated carbocycles. The molecule has 5 nitrogen and oxygen atoms in total. The molecule has 0 aliphatic rings. The van der Waals surface area contributed by atoms with Crippen molar-refractivity contribution in [2.75, 3.05) is 0 Å². The van der Waals surface area contributed by atoms with Crippen LogP contribution in [-0.2, 0) is 6.54 Å². The molecule has 0 heterocycles. The summed E-state index contributed by atoms with van der Waals surface area (Å²) in [6, 6.07) is 17.1. The van der Waals surface area contributed by atoms with E-state index in [2.05, 4.69) is 5.32 Å². The zero-order valence-electron chi connectivity index (χ0n) is 12.8. The third-order valence-corrected chi connectivity index (χ3v) is 3.75. The van der Waals surface area contributed by atoms with Crippen LogP contribution in [0.15, 0.2) is 60.7 Å². The van der Waals surface area contributed by atoms with Gasteiger partial charge in [0, 0.05) is 17.7 Å². The normalized spacial score (nSPS) is 10.5. The van der Waals surface area contributed by atoms with Gasteiger partial charge in [0.1, 0.15) is 5.75 Å². The largest absolute Gasteiger partial charge is 0.508 e. The summed E-state index contributed by atoms with van der Waals surface area (Å²) in [5.41, 5.74) is 6.98. The van der Waals surface area contributed by atoms with Crippen molar-refractivity contribution in [2.24, 2.45) is 5.73 Å². The predicted molar refractivity (Wildman–Crippen MR) is 91.7 cm³/mol. The Labute approximate surface area is 138 Å². The standard InChI is InChI=1S/C19H16N2O3/c20-18(23)15-3-1-2-12(8-15)11-21-19(24)16-5-4-14-10-17(22)7-6-13(14)9-16/h1-10,22H,11H2,(H2,20,23)(H,21,24). The van der Waals surface area contributed by atoms with Crippen molar-refractivity contribution >= 4 is 22.6 Å². The topological polar surface area (TPSA) is 92.4 Å². The number of amides is 2. The molecule has 0 aliphatic carbocycles. The van der Waals surface area contributed by atoms with E-state index in [9.17, 15) is 14.7 Å². The molecule has 0 atom stereocenters. The van der Waals surface area contributed by atoms with Gasteiger partial charge in [-0.2, -0.15) is 0 Å². The summed E-state index contributed by atoms with van der Waals surface area (Å²) in [6.45, 7) is 0.299. The van der Waals surface area contributed by atoms with Crippen molar-refractivity contribution in [3.8, 4) is 5.75 Å². The molecule has 0 radical (unpaired) electrons. The number of fused-ring (bicyclic) bond motifs is 1. The number of nitrogens with one attached hydrogen (secondary N) is 1. The van der Waals surface area contributed by atoms with E-state index >= 15 is 0 Å². The first-order valence-corrected chi connectivity index (χ1v) is 7.43. The zero-order chi connectivity index (χ0) is 17.1. The van der Waals surface area contributed by atoms with E-state index in [0.717, 1.165) is 16.3 Å². The van der Waals surface area contributed by atoms with Crippen LogP contribution in [0.2, 0.25) is 0 Å². The van der Waals surface area contributed by atoms with Gasteiger partial charge in [0.05, 0.1) is 0 Å². The Hall–Kier alpha value is -3.34. The highest BCUT2D eigenvalue weighted by Gasteiger charge is 2.07. The van der Waals surface area contributed by atoms with E-state index in [1.54, 1.807) is 54.6 Å². The molecule has 3 aromatic rings. The lowest BCUT2D eigenvalue weighted by molar-refractivity contribution is 0.0950. The molecule has 4 N–H and O–H groups in total. The Balaban J connectivity index is 1.74. The minimum Gasteiger partial charge on any atom is -0.508 e. The molecule has 24 heavy (non-hydrogen) atoms. The SMILES string of the molecule is NC(=O)c1cccc(CNC(=O)c2ccc3cc(O)ccc3c2)c1. The number of primary amides is 1. The fourth-order valence-corrected chi connectivity index (χ4v) is 2.49. The predicted octanol–water partition coefficient (Wildman–Crippen LogP) is 2.57. The highest BCUT2D eigenvalue weighted by Crippen LogP contribution is 2.21. The van der Waals surface area contributed by atoms with Crippen LogP contribution in [-0.4, -0.2) is 16.9 Å². The van der Waals surface area contributed by atoms with Crippen molar-refractivity contribution < 1.29 is 14.7 Å². The fraction of sp³-hybridized carbons (Fsp3) is 0.0526. The van der Waals surface area contributed by atoms with E-state index in [4.69, 9.17) is 5.73 Å². The van der Waals surface area contributed by atoms with Crippen molar-refractivity contribution in [3.63, 3.8) is 0 Å². The quantitative estimate of drug-likeness (QED) is 0.690. The molecule has 3 rings (SSSR count). The van der Waals surface area contributed by atoms with Gasteiger partial charge in [-0.25, -0.2) is 0 Å². The second-order valence-electron chi connectivity index (χ2n) is 5.49. The van der Waals surface area contributed by atoms with E-state index in [1.165, 1.54) is 0 Å². The van der Waals surface area contributed by atoms with Gasteiger partial charge in [0.2, 0.25) is 5.91 Å². The summed E-state index contributed by atoms with van der Waals surface area (Å²) < 4.78 is 0. The van der Waals surface area contributed by atoms with Gasteiger partial charge >= 0.3 is 0 Å². The second kappa shape index (κ2) is 6.42. The number of benzene rings is 3. The Morgan fingerprint density at radius 2 is 1.67 bits per heavy atom. The first-order chi connectivity index (χ1) is 11.5. The summed E-state index contributed by atoms with van der Waals surface area (Å²) in [5, 5.41) is 14.0. The monoisotopic (exact) mass is 320 g/mol. The van der Waals surface area contributed by atoms with Gasteiger partial charge in [0.25, 0.3) is 5.91 Å². The summed E-state index contributed by atoms with van der Waals surface area (Å²) >= 11 is 0. The average molecular weight is 320 g/mol. The summed E-state index contributed by atoms with van der Waals surface area (Å²) in [7, 11) is 0. The lowest BCUT2D eigenvalue weighted by Crippen LogP contribution is -2.23. The molecule has 0 spiro atoms. The smallest absolute Gasteiger partial charge is 0.251 e. The van der Waals surface area contributed by atoms with Crippen LogP contribution in [0.3, 0.4) is 0 Å². The van der Waals surface area contributed by atoms with Crippen LogP contribution in [0.25, 0.3) is 10.8 Å². The lowest BCUT2D eigenvalue weighted by Gasteiger charge is -2.07. The summed E-state index contributed by atoms with van der Waals surface area (Å²) in [4.78, 5) is 23.5. The van der Waals surface area contributed by atoms with Crippen molar-refractivity contribution in [2.45, 2.75) is 6.54 Å². The molecule has 0 aliphatic heterocycles. The molecule has 0 fully saturated rings. The third kappa shape index (κ3) is 3.35. The Kier molecular flexibility index (Phi) is 4.16. The molecule has 0 unspecified atom stereocenters. The lowest BCUT2D eigenvalue weighted by atomic mass is 10.1. The maximum Gasteiger partial charge on any atom is 0.251 e. The molecular weight excluding hydrogens is 304 g/mol. The van der Waals surface area contributed by atoms with Gasteiger partial charge in [0.15, 0.2) is 0 Å². The van der Waals surface area contributed by atoms with Crippen molar-refractivity contribution in [3.05, 3.63) is 77.4 Å². The minimum absolute atomic E-state index is 0.189. The van der Waals surface area contributed by atoms with Crippen LogP contribution in [0.4, 0.5) is 0 Å². The number of hydrogen-bond donors (Lipinski definition) is 3. The molecule has 0 aromatic heterocycles. The Bertz CT molecular complexity index is 935. The van der Waals surface area contributed by atoms with Crippen LogP contribution in [0, 0.1) is 0 Å². The summed E-state index contributed by atoms with van der Waals surface area (Å²) in [5.74, 6) is -0.524. The van der Waals surface area contributed by atoms with Crippen LogP contribution in [0.5, 0.6) is 5.75 Å². The number of carbonyl (C=O) groups is 2. The molecule has 3 aromatic carbocycles. The number of rotatable bonds is 4. The van der Waals surface area contributed by atoms with Crippen molar-refractivity contribution in [1.82, 2.24) is 5.32 Å². The number of phenols is 1. The Morgan fingerprint density at radius 1 is 0.917 bits per heavy atom. The van der Waals surface area contributed by atoms with E-state index < -0.39 is 5.91 Å².